The van der Waals surface area contributed by atoms with E-state index in [1.807, 2.05) is 0 Å². The molecule has 8 nitrogen and oxygen atoms in total. The number of urea groups is 1. The fraction of sp³-hybridized carbons (Fsp3) is 0.526. The minimum absolute atomic E-state index is 0.0486. The lowest BCUT2D eigenvalue weighted by atomic mass is 9.92. The number of imide groups is 1. The van der Waals surface area contributed by atoms with Crippen LogP contribution in [0, 0.1) is 5.92 Å². The van der Waals surface area contributed by atoms with Gasteiger partial charge >= 0.3 is 6.03 Å². The van der Waals surface area contributed by atoms with Crippen LogP contribution in [0.25, 0.3) is 0 Å². The smallest absolute Gasteiger partial charge is 0.325 e. The first-order valence-corrected chi connectivity index (χ1v) is 9.14. The zero-order chi connectivity index (χ0) is 19.6. The Labute approximate surface area is 158 Å². The molecule has 3 rings (SSSR count). The predicted octanol–water partition coefficient (Wildman–Crippen LogP) is 0.576. The van der Waals surface area contributed by atoms with E-state index < -0.39 is 17.5 Å². The topological polar surface area (TPSA) is 99.8 Å². The molecule has 2 fully saturated rings. The molecular weight excluding hydrogens is 348 g/mol. The molecule has 27 heavy (non-hydrogen) atoms. The number of nitrogens with zero attached hydrogens (tertiary/aromatic N) is 1. The standard InChI is InChI=1S/C19H26N4O4/c1-12-10-20-9-8-15(12)21-16(24)11-23-17(25)19(2,22-18(23)26)13-4-6-14(27-3)7-5-13/h4-7,12,15,20H,8-11H2,1-3H3,(H,21,24)(H,22,26). The first kappa shape index (κ1) is 19.2. The quantitative estimate of drug-likeness (QED) is 0.655. The molecule has 3 N–H and O–H groups in total. The van der Waals surface area contributed by atoms with Crippen LogP contribution >= 0.6 is 0 Å². The zero-order valence-electron chi connectivity index (χ0n) is 15.9. The summed E-state index contributed by atoms with van der Waals surface area (Å²) in [5, 5.41) is 8.93. The number of ether oxygens (including phenoxy) is 1. The summed E-state index contributed by atoms with van der Waals surface area (Å²) in [7, 11) is 1.56. The molecule has 0 aliphatic carbocycles. The first-order chi connectivity index (χ1) is 12.8. The van der Waals surface area contributed by atoms with Gasteiger partial charge in [-0.3, -0.25) is 14.5 Å². The SMILES string of the molecule is COc1ccc(C2(C)NC(=O)N(CC(=O)NC3CCNCC3C)C2=O)cc1. The molecule has 3 atom stereocenters. The highest BCUT2D eigenvalue weighted by Crippen LogP contribution is 2.29. The van der Waals surface area contributed by atoms with Crippen LogP contribution in [-0.2, 0) is 15.1 Å². The number of methoxy groups -OCH3 is 1. The molecule has 3 unspecified atom stereocenters. The number of rotatable bonds is 5. The summed E-state index contributed by atoms with van der Waals surface area (Å²) in [4.78, 5) is 38.7. The Morgan fingerprint density at radius 1 is 1.33 bits per heavy atom. The fourth-order valence-electron chi connectivity index (χ4n) is 3.59. The van der Waals surface area contributed by atoms with Gasteiger partial charge in [0.15, 0.2) is 0 Å². The van der Waals surface area contributed by atoms with Gasteiger partial charge in [-0.25, -0.2) is 4.79 Å². The maximum absolute atomic E-state index is 12.9. The molecule has 2 saturated heterocycles. The predicted molar refractivity (Wildman–Crippen MR) is 99.2 cm³/mol. The van der Waals surface area contributed by atoms with Crippen LogP contribution in [0.4, 0.5) is 4.79 Å². The van der Waals surface area contributed by atoms with Crippen LogP contribution in [0.2, 0.25) is 0 Å². The van der Waals surface area contributed by atoms with E-state index >= 15 is 0 Å². The first-order valence-electron chi connectivity index (χ1n) is 9.14. The van der Waals surface area contributed by atoms with Crippen LogP contribution in [-0.4, -0.2) is 55.5 Å². The van der Waals surface area contributed by atoms with Crippen molar-refractivity contribution in [2.75, 3.05) is 26.7 Å². The Kier molecular flexibility index (Phi) is 5.36. The average Bonchev–Trinajstić information content (AvgIpc) is 2.88. The van der Waals surface area contributed by atoms with Crippen LogP contribution in [0.3, 0.4) is 0 Å². The second-order valence-electron chi connectivity index (χ2n) is 7.32. The number of carbonyl (C=O) groups is 3. The second kappa shape index (κ2) is 7.56. The van der Waals surface area contributed by atoms with Crippen LogP contribution < -0.4 is 20.7 Å². The van der Waals surface area contributed by atoms with Gasteiger partial charge < -0.3 is 20.7 Å². The number of amides is 4. The van der Waals surface area contributed by atoms with Crippen molar-refractivity contribution in [1.29, 1.82) is 0 Å². The normalized spacial score (nSPS) is 28.0. The van der Waals surface area contributed by atoms with Crippen molar-refractivity contribution < 1.29 is 19.1 Å². The van der Waals surface area contributed by atoms with Gasteiger partial charge in [-0.2, -0.15) is 0 Å². The molecule has 4 amide bonds. The highest BCUT2D eigenvalue weighted by Gasteiger charge is 2.49. The lowest BCUT2D eigenvalue weighted by Gasteiger charge is -2.30. The number of hydrogen-bond acceptors (Lipinski definition) is 5. The van der Waals surface area contributed by atoms with Gasteiger partial charge in [-0.1, -0.05) is 19.1 Å². The summed E-state index contributed by atoms with van der Waals surface area (Å²) in [6.07, 6.45) is 0.830. The van der Waals surface area contributed by atoms with E-state index in [1.54, 1.807) is 38.3 Å². The maximum atomic E-state index is 12.9. The van der Waals surface area contributed by atoms with E-state index in [0.29, 0.717) is 17.2 Å². The number of piperidine rings is 1. The van der Waals surface area contributed by atoms with Crippen molar-refractivity contribution in [3.63, 3.8) is 0 Å². The van der Waals surface area contributed by atoms with Gasteiger partial charge in [0.05, 0.1) is 7.11 Å². The monoisotopic (exact) mass is 374 g/mol. The third kappa shape index (κ3) is 3.75. The molecule has 0 radical (unpaired) electrons. The van der Waals surface area contributed by atoms with Gasteiger partial charge in [0.1, 0.15) is 17.8 Å². The molecule has 0 spiro atoms. The molecule has 2 aliphatic heterocycles. The maximum Gasteiger partial charge on any atom is 0.325 e. The van der Waals surface area contributed by atoms with Gasteiger partial charge in [-0.05, 0) is 50.0 Å². The summed E-state index contributed by atoms with van der Waals surface area (Å²) in [5.74, 6) is 0.198. The summed E-state index contributed by atoms with van der Waals surface area (Å²) >= 11 is 0. The van der Waals surface area contributed by atoms with Crippen molar-refractivity contribution in [2.45, 2.75) is 31.8 Å². The highest BCUT2D eigenvalue weighted by molar-refractivity contribution is 6.09. The molecular formula is C19H26N4O4. The Morgan fingerprint density at radius 2 is 2.04 bits per heavy atom. The summed E-state index contributed by atoms with van der Waals surface area (Å²) < 4.78 is 5.13. The Hall–Kier alpha value is -2.61. The van der Waals surface area contributed by atoms with Crippen molar-refractivity contribution in [3.8, 4) is 5.75 Å². The van der Waals surface area contributed by atoms with Crippen LogP contribution in [0.5, 0.6) is 5.75 Å². The molecule has 146 valence electrons. The zero-order valence-corrected chi connectivity index (χ0v) is 15.9. The van der Waals surface area contributed by atoms with E-state index in [1.165, 1.54) is 0 Å². The molecule has 1 aromatic rings. The Balaban J connectivity index is 1.68. The molecule has 0 aromatic heterocycles. The summed E-state index contributed by atoms with van der Waals surface area (Å²) in [6.45, 7) is 5.10. The van der Waals surface area contributed by atoms with E-state index in [0.717, 1.165) is 24.4 Å². The molecule has 0 bridgehead atoms. The number of nitrogens with one attached hydrogen (secondary N) is 3. The minimum atomic E-state index is -1.20. The van der Waals surface area contributed by atoms with Gasteiger partial charge in [0.25, 0.3) is 5.91 Å². The summed E-state index contributed by atoms with van der Waals surface area (Å²) in [5.41, 5.74) is -0.567. The minimum Gasteiger partial charge on any atom is -0.497 e. The molecule has 2 heterocycles. The van der Waals surface area contributed by atoms with Crippen LogP contribution in [0.1, 0.15) is 25.8 Å². The summed E-state index contributed by atoms with van der Waals surface area (Å²) in [6, 6.07) is 6.41. The average molecular weight is 374 g/mol. The molecule has 1 aromatic carbocycles. The van der Waals surface area contributed by atoms with Crippen molar-refractivity contribution >= 4 is 17.8 Å². The van der Waals surface area contributed by atoms with Crippen molar-refractivity contribution in [1.82, 2.24) is 20.9 Å². The largest absolute Gasteiger partial charge is 0.497 e. The Bertz CT molecular complexity index is 736. The number of hydrogen-bond donors (Lipinski definition) is 3. The number of carbonyl (C=O) groups excluding carboxylic acids is 3. The van der Waals surface area contributed by atoms with E-state index in [2.05, 4.69) is 22.9 Å². The molecule has 2 aliphatic rings. The highest BCUT2D eigenvalue weighted by atomic mass is 16.5. The Morgan fingerprint density at radius 3 is 2.67 bits per heavy atom. The third-order valence-corrected chi connectivity index (χ3v) is 5.38. The van der Waals surface area contributed by atoms with Crippen molar-refractivity contribution in [2.24, 2.45) is 5.92 Å². The van der Waals surface area contributed by atoms with Crippen LogP contribution in [0.15, 0.2) is 24.3 Å². The number of benzene rings is 1. The fourth-order valence-corrected chi connectivity index (χ4v) is 3.59. The van der Waals surface area contributed by atoms with Gasteiger partial charge in [0, 0.05) is 6.04 Å². The lowest BCUT2D eigenvalue weighted by Crippen LogP contribution is -2.51. The molecule has 8 heteroatoms. The van der Waals surface area contributed by atoms with E-state index in [9.17, 15) is 14.4 Å². The second-order valence-corrected chi connectivity index (χ2v) is 7.32. The van der Waals surface area contributed by atoms with E-state index in [4.69, 9.17) is 4.74 Å². The molecule has 0 saturated carbocycles. The third-order valence-electron chi connectivity index (χ3n) is 5.38. The van der Waals surface area contributed by atoms with Gasteiger partial charge in [-0.15, -0.1) is 0 Å². The van der Waals surface area contributed by atoms with Crippen molar-refractivity contribution in [3.05, 3.63) is 29.8 Å². The van der Waals surface area contributed by atoms with E-state index in [-0.39, 0.29) is 18.5 Å². The lowest BCUT2D eigenvalue weighted by molar-refractivity contribution is -0.135. The van der Waals surface area contributed by atoms with Gasteiger partial charge in [0.2, 0.25) is 5.91 Å².